The first kappa shape index (κ1) is 31.7. The molecule has 1 heterocycles. The summed E-state index contributed by atoms with van der Waals surface area (Å²) in [7, 11) is -1.50. The maximum Gasteiger partial charge on any atom is 0.162 e. The van der Waals surface area contributed by atoms with E-state index in [1.165, 1.54) is 21.9 Å². The highest BCUT2D eigenvalue weighted by molar-refractivity contribution is 6.88. The summed E-state index contributed by atoms with van der Waals surface area (Å²) >= 11 is 0. The van der Waals surface area contributed by atoms with E-state index in [9.17, 15) is 0 Å². The number of rotatable bonds is 7. The second-order valence-electron chi connectivity index (χ2n) is 14.5. The number of aryl methyl sites for hydroxylation is 3. The fourth-order valence-electron chi connectivity index (χ4n) is 7.06. The Labute approximate surface area is 296 Å². The van der Waals surface area contributed by atoms with Crippen LogP contribution in [0.5, 0.6) is 0 Å². The second-order valence-corrected chi connectivity index (χ2v) is 19.6. The fraction of sp³-hybridized carbons (Fsp3) is 0.130. The van der Waals surface area contributed by atoms with Crippen molar-refractivity contribution >= 4 is 80.1 Å². The molecule has 50 heavy (non-hydrogen) atoms. The lowest BCUT2D eigenvalue weighted by Crippen LogP contribution is -2.37. The number of fused-ring (bicyclic) bond motifs is 4. The van der Waals surface area contributed by atoms with Gasteiger partial charge in [0.2, 0.25) is 0 Å². The summed E-state index contributed by atoms with van der Waals surface area (Å²) in [6, 6.07) is 53.1. The lowest BCUT2D eigenvalue weighted by atomic mass is 9.97. The van der Waals surface area contributed by atoms with Crippen molar-refractivity contribution in [1.82, 2.24) is 0 Å². The van der Waals surface area contributed by atoms with Gasteiger partial charge in [-0.05, 0) is 75.4 Å². The summed E-state index contributed by atoms with van der Waals surface area (Å²) in [6.07, 6.45) is 0. The molecule has 246 valence electrons. The molecule has 0 radical (unpaired) electrons. The van der Waals surface area contributed by atoms with E-state index < -0.39 is 8.07 Å². The number of hydrogen-bond acceptors (Lipinski definition) is 3. The minimum Gasteiger partial charge on any atom is -0.454 e. The molecule has 8 aromatic rings. The van der Waals surface area contributed by atoms with Crippen LogP contribution in [-0.4, -0.2) is 8.07 Å². The van der Waals surface area contributed by atoms with Crippen molar-refractivity contribution in [2.24, 2.45) is 0 Å². The molecule has 3 nitrogen and oxygen atoms in total. The summed E-state index contributed by atoms with van der Waals surface area (Å²) < 4.78 is 7.06. The first-order valence-corrected chi connectivity index (χ1v) is 20.9. The van der Waals surface area contributed by atoms with Gasteiger partial charge in [0, 0.05) is 38.9 Å². The van der Waals surface area contributed by atoms with Gasteiger partial charge in [-0.2, -0.15) is 0 Å². The maximum absolute atomic E-state index is 7.06. The predicted octanol–water partition coefficient (Wildman–Crippen LogP) is 13.1. The minimum atomic E-state index is -1.50. The summed E-state index contributed by atoms with van der Waals surface area (Å²) in [6.45, 7) is 13.6. The van der Waals surface area contributed by atoms with Crippen molar-refractivity contribution in [3.63, 3.8) is 0 Å². The molecular weight excluding hydrogens is 625 g/mol. The standard InChI is InChI=1S/C46H42N2OSi/c1-31-15-21-34(22-16-31)47(35-23-17-32(2)18-24-35)44-39-11-7-8-12-40(39)45(46-43(44)41-13-9-10-14-42(41)49-46)48(36-25-19-33(3)20-26-36)37-27-29-38(30-28-37)50(4,5)6/h7-30H,1-6H3. The van der Waals surface area contributed by atoms with Gasteiger partial charge in [0.15, 0.2) is 5.58 Å². The van der Waals surface area contributed by atoms with Crippen LogP contribution in [0, 0.1) is 20.8 Å². The maximum atomic E-state index is 7.06. The van der Waals surface area contributed by atoms with Gasteiger partial charge in [-0.15, -0.1) is 0 Å². The highest BCUT2D eigenvalue weighted by Gasteiger charge is 2.29. The van der Waals surface area contributed by atoms with Gasteiger partial charge in [0.1, 0.15) is 5.58 Å². The molecule has 0 fully saturated rings. The number of para-hydroxylation sites is 1. The van der Waals surface area contributed by atoms with Gasteiger partial charge in [0.25, 0.3) is 0 Å². The lowest BCUT2D eigenvalue weighted by Gasteiger charge is -2.31. The molecule has 0 atom stereocenters. The van der Waals surface area contributed by atoms with E-state index in [4.69, 9.17) is 4.42 Å². The third-order valence-corrected chi connectivity index (χ3v) is 11.9. The summed E-state index contributed by atoms with van der Waals surface area (Å²) in [4.78, 5) is 4.81. The Balaban J connectivity index is 1.52. The SMILES string of the molecule is Cc1ccc(N(c2ccc([Si](C)(C)C)cc2)c2c3ccccc3c(N(c3ccc(C)cc3)c3ccc(C)cc3)c3c2oc2ccccc23)cc1. The van der Waals surface area contributed by atoms with Crippen molar-refractivity contribution in [3.8, 4) is 0 Å². The van der Waals surface area contributed by atoms with E-state index in [-0.39, 0.29) is 0 Å². The van der Waals surface area contributed by atoms with Crippen molar-refractivity contribution < 1.29 is 4.42 Å². The van der Waals surface area contributed by atoms with Crippen LogP contribution in [0.1, 0.15) is 16.7 Å². The van der Waals surface area contributed by atoms with Gasteiger partial charge in [-0.3, -0.25) is 0 Å². The average Bonchev–Trinajstić information content (AvgIpc) is 3.50. The molecular formula is C46H42N2OSi. The molecule has 0 aliphatic heterocycles. The first-order chi connectivity index (χ1) is 24.2. The van der Waals surface area contributed by atoms with Crippen molar-refractivity contribution in [1.29, 1.82) is 0 Å². The quantitative estimate of drug-likeness (QED) is 0.125. The molecule has 8 rings (SSSR count). The van der Waals surface area contributed by atoms with E-state index >= 15 is 0 Å². The van der Waals surface area contributed by atoms with Crippen LogP contribution >= 0.6 is 0 Å². The smallest absolute Gasteiger partial charge is 0.162 e. The largest absolute Gasteiger partial charge is 0.454 e. The molecule has 4 heteroatoms. The fourth-order valence-corrected chi connectivity index (χ4v) is 8.23. The molecule has 0 aliphatic rings. The Hall–Kier alpha value is -5.58. The number of hydrogen-bond donors (Lipinski definition) is 0. The number of furan rings is 1. The Bertz CT molecular complexity index is 2430. The van der Waals surface area contributed by atoms with E-state index in [1.54, 1.807) is 0 Å². The van der Waals surface area contributed by atoms with Crippen LogP contribution < -0.4 is 15.0 Å². The van der Waals surface area contributed by atoms with Gasteiger partial charge in [-0.25, -0.2) is 0 Å². The van der Waals surface area contributed by atoms with Crippen LogP contribution in [0.4, 0.5) is 34.1 Å². The highest BCUT2D eigenvalue weighted by Crippen LogP contribution is 2.53. The topological polar surface area (TPSA) is 19.6 Å². The van der Waals surface area contributed by atoms with Gasteiger partial charge < -0.3 is 14.2 Å². The summed E-state index contributed by atoms with van der Waals surface area (Å²) in [5.74, 6) is 0. The van der Waals surface area contributed by atoms with E-state index in [2.05, 4.69) is 196 Å². The highest BCUT2D eigenvalue weighted by atomic mass is 28.3. The molecule has 1 aromatic heterocycles. The Kier molecular flexibility index (Phi) is 7.85. The molecule has 0 amide bonds. The summed E-state index contributed by atoms with van der Waals surface area (Å²) in [5, 5.41) is 5.88. The van der Waals surface area contributed by atoms with Gasteiger partial charge in [0.05, 0.1) is 24.8 Å². The number of anilines is 6. The van der Waals surface area contributed by atoms with Crippen LogP contribution in [0.3, 0.4) is 0 Å². The molecule has 7 aromatic carbocycles. The van der Waals surface area contributed by atoms with Crippen molar-refractivity contribution in [3.05, 3.63) is 162 Å². The zero-order valence-corrected chi connectivity index (χ0v) is 30.7. The Morgan fingerprint density at radius 1 is 0.420 bits per heavy atom. The average molecular weight is 667 g/mol. The van der Waals surface area contributed by atoms with Crippen LogP contribution in [-0.2, 0) is 0 Å². The molecule has 0 unspecified atom stereocenters. The normalized spacial score (nSPS) is 11.8. The predicted molar refractivity (Wildman–Crippen MR) is 218 cm³/mol. The first-order valence-electron chi connectivity index (χ1n) is 17.4. The van der Waals surface area contributed by atoms with Crippen LogP contribution in [0.25, 0.3) is 32.7 Å². The monoisotopic (exact) mass is 666 g/mol. The van der Waals surface area contributed by atoms with Gasteiger partial charge >= 0.3 is 0 Å². The lowest BCUT2D eigenvalue weighted by molar-refractivity contribution is 0.669. The van der Waals surface area contributed by atoms with E-state index in [1.807, 2.05) is 0 Å². The second kappa shape index (κ2) is 12.4. The number of benzene rings is 7. The molecule has 0 spiro atoms. The molecule has 0 aliphatic carbocycles. The van der Waals surface area contributed by atoms with E-state index in [0.717, 1.165) is 66.8 Å². The molecule has 0 N–H and O–H groups in total. The van der Waals surface area contributed by atoms with Gasteiger partial charge in [-0.1, -0.05) is 133 Å². The summed E-state index contributed by atoms with van der Waals surface area (Å²) in [5.41, 5.74) is 11.9. The zero-order chi connectivity index (χ0) is 34.6. The zero-order valence-electron chi connectivity index (χ0n) is 29.7. The van der Waals surface area contributed by atoms with Crippen molar-refractivity contribution in [2.75, 3.05) is 9.80 Å². The third kappa shape index (κ3) is 5.56. The minimum absolute atomic E-state index is 0.860. The third-order valence-electron chi connectivity index (χ3n) is 9.80. The Morgan fingerprint density at radius 2 is 0.800 bits per heavy atom. The molecule has 0 saturated carbocycles. The molecule has 0 saturated heterocycles. The van der Waals surface area contributed by atoms with Crippen LogP contribution in [0.2, 0.25) is 19.6 Å². The Morgan fingerprint density at radius 3 is 1.26 bits per heavy atom. The molecule has 0 bridgehead atoms. The number of nitrogens with zero attached hydrogens (tertiary/aromatic N) is 2. The van der Waals surface area contributed by atoms with Crippen molar-refractivity contribution in [2.45, 2.75) is 40.4 Å². The van der Waals surface area contributed by atoms with Crippen LogP contribution in [0.15, 0.2) is 150 Å². The van der Waals surface area contributed by atoms with E-state index in [0.29, 0.717) is 0 Å².